The Bertz CT molecular complexity index is 645. The maximum Gasteiger partial charge on any atom is 0.223 e. The first kappa shape index (κ1) is 14.6. The average molecular weight is 307 g/mol. The molecule has 114 valence electrons. The molecular formula is C16H21NO3S. The Morgan fingerprint density at radius 3 is 2.71 bits per heavy atom. The molecule has 1 aromatic rings. The van der Waals surface area contributed by atoms with Crippen LogP contribution in [0.5, 0.6) is 0 Å². The fourth-order valence-electron chi connectivity index (χ4n) is 3.33. The Labute approximate surface area is 125 Å². The van der Waals surface area contributed by atoms with Crippen LogP contribution >= 0.6 is 0 Å². The highest BCUT2D eigenvalue weighted by molar-refractivity contribution is 7.91. The lowest BCUT2D eigenvalue weighted by atomic mass is 10.1. The number of sulfone groups is 1. The van der Waals surface area contributed by atoms with Crippen LogP contribution in [0.3, 0.4) is 0 Å². The summed E-state index contributed by atoms with van der Waals surface area (Å²) in [7, 11) is -3.09. The standard InChI is InChI=1S/C16H21NO3S/c18-16(13-4-1-2-5-13)17-11-12-7-8-15-14(10-12)6-3-9-21(15,19)20/h7-8,10,13H,1-6,9,11H2,(H,17,18). The lowest BCUT2D eigenvalue weighted by Gasteiger charge is -2.17. The van der Waals surface area contributed by atoms with E-state index < -0.39 is 9.84 Å². The topological polar surface area (TPSA) is 63.2 Å². The molecule has 5 heteroatoms. The van der Waals surface area contributed by atoms with E-state index in [-0.39, 0.29) is 17.6 Å². The molecule has 0 saturated heterocycles. The van der Waals surface area contributed by atoms with Crippen LogP contribution in [0.15, 0.2) is 23.1 Å². The number of aryl methyl sites for hydroxylation is 1. The number of hydrogen-bond acceptors (Lipinski definition) is 3. The van der Waals surface area contributed by atoms with Gasteiger partial charge in [0.05, 0.1) is 10.6 Å². The molecule has 1 N–H and O–H groups in total. The molecule has 2 aliphatic rings. The fourth-order valence-corrected chi connectivity index (χ4v) is 4.91. The number of nitrogens with one attached hydrogen (secondary N) is 1. The minimum Gasteiger partial charge on any atom is -0.352 e. The quantitative estimate of drug-likeness (QED) is 0.931. The van der Waals surface area contributed by atoms with E-state index in [0.717, 1.165) is 43.2 Å². The van der Waals surface area contributed by atoms with E-state index in [2.05, 4.69) is 5.32 Å². The molecule has 1 amide bonds. The van der Waals surface area contributed by atoms with E-state index in [1.54, 1.807) is 6.07 Å². The summed E-state index contributed by atoms with van der Waals surface area (Å²) in [6.07, 6.45) is 5.78. The lowest BCUT2D eigenvalue weighted by molar-refractivity contribution is -0.124. The number of carbonyl (C=O) groups excluding carboxylic acids is 1. The first-order chi connectivity index (χ1) is 10.1. The largest absolute Gasteiger partial charge is 0.352 e. The molecule has 1 heterocycles. The number of fused-ring (bicyclic) bond motifs is 1. The third-order valence-corrected chi connectivity index (χ3v) is 6.41. The van der Waals surface area contributed by atoms with Crippen LogP contribution in [0.2, 0.25) is 0 Å². The summed E-state index contributed by atoms with van der Waals surface area (Å²) in [5, 5.41) is 2.98. The van der Waals surface area contributed by atoms with Crippen molar-refractivity contribution < 1.29 is 13.2 Å². The van der Waals surface area contributed by atoms with Gasteiger partial charge < -0.3 is 5.32 Å². The summed E-state index contributed by atoms with van der Waals surface area (Å²) in [6, 6.07) is 5.44. The molecule has 3 rings (SSSR count). The van der Waals surface area contributed by atoms with Gasteiger partial charge in [-0.05, 0) is 42.9 Å². The van der Waals surface area contributed by atoms with Gasteiger partial charge in [0, 0.05) is 12.5 Å². The van der Waals surface area contributed by atoms with Crippen molar-refractivity contribution >= 4 is 15.7 Å². The number of amides is 1. The van der Waals surface area contributed by atoms with Gasteiger partial charge in [0.1, 0.15) is 0 Å². The third kappa shape index (κ3) is 3.12. The van der Waals surface area contributed by atoms with Crippen molar-refractivity contribution in [2.75, 3.05) is 5.75 Å². The maximum atomic E-state index is 12.0. The van der Waals surface area contributed by atoms with Gasteiger partial charge in [-0.1, -0.05) is 25.0 Å². The van der Waals surface area contributed by atoms with Gasteiger partial charge in [-0.2, -0.15) is 0 Å². The van der Waals surface area contributed by atoms with Crippen LogP contribution in [0, 0.1) is 5.92 Å². The molecule has 0 atom stereocenters. The molecule has 0 spiro atoms. The second-order valence-electron chi connectivity index (χ2n) is 6.06. The van der Waals surface area contributed by atoms with Crippen LogP contribution in [0.1, 0.15) is 43.2 Å². The van der Waals surface area contributed by atoms with E-state index in [0.29, 0.717) is 17.9 Å². The van der Waals surface area contributed by atoms with E-state index in [9.17, 15) is 13.2 Å². The van der Waals surface area contributed by atoms with Crippen molar-refractivity contribution in [3.8, 4) is 0 Å². The maximum absolute atomic E-state index is 12.0. The highest BCUT2D eigenvalue weighted by Gasteiger charge is 2.24. The van der Waals surface area contributed by atoms with Gasteiger partial charge in [-0.25, -0.2) is 8.42 Å². The number of benzene rings is 1. The molecule has 0 radical (unpaired) electrons. The van der Waals surface area contributed by atoms with Gasteiger partial charge in [-0.3, -0.25) is 4.79 Å². The highest BCUT2D eigenvalue weighted by Crippen LogP contribution is 2.27. The van der Waals surface area contributed by atoms with Crippen molar-refractivity contribution in [1.82, 2.24) is 5.32 Å². The summed E-state index contributed by atoms with van der Waals surface area (Å²) in [4.78, 5) is 12.5. The smallest absolute Gasteiger partial charge is 0.223 e. The van der Waals surface area contributed by atoms with Crippen molar-refractivity contribution in [1.29, 1.82) is 0 Å². The van der Waals surface area contributed by atoms with Gasteiger partial charge in [0.2, 0.25) is 5.91 Å². The SMILES string of the molecule is O=C(NCc1ccc2c(c1)CCCS2(=O)=O)C1CCCC1. The average Bonchev–Trinajstić information content (AvgIpc) is 2.98. The first-order valence-electron chi connectivity index (χ1n) is 7.68. The van der Waals surface area contributed by atoms with Crippen molar-refractivity contribution in [3.05, 3.63) is 29.3 Å². The Kier molecular flexibility index (Phi) is 4.02. The van der Waals surface area contributed by atoms with Gasteiger partial charge >= 0.3 is 0 Å². The molecule has 1 fully saturated rings. The predicted octanol–water partition coefficient (Wildman–Crippen LogP) is 2.21. The minimum atomic E-state index is -3.09. The zero-order valence-electron chi connectivity index (χ0n) is 12.1. The normalized spacial score (nSPS) is 21.0. The zero-order valence-corrected chi connectivity index (χ0v) is 12.9. The van der Waals surface area contributed by atoms with Crippen molar-refractivity contribution in [2.24, 2.45) is 5.92 Å². The zero-order chi connectivity index (χ0) is 14.9. The van der Waals surface area contributed by atoms with Crippen molar-refractivity contribution in [2.45, 2.75) is 50.0 Å². The van der Waals surface area contributed by atoms with Crippen LogP contribution in [0.4, 0.5) is 0 Å². The number of carbonyl (C=O) groups is 1. The Morgan fingerprint density at radius 2 is 1.95 bits per heavy atom. The van der Waals surface area contributed by atoms with E-state index in [4.69, 9.17) is 0 Å². The van der Waals surface area contributed by atoms with Gasteiger partial charge in [0.15, 0.2) is 9.84 Å². The van der Waals surface area contributed by atoms with Crippen LogP contribution in [-0.4, -0.2) is 20.1 Å². The molecule has 0 aromatic heterocycles. The molecule has 0 unspecified atom stereocenters. The lowest BCUT2D eigenvalue weighted by Crippen LogP contribution is -2.28. The van der Waals surface area contributed by atoms with E-state index >= 15 is 0 Å². The molecule has 1 aliphatic heterocycles. The van der Waals surface area contributed by atoms with Gasteiger partial charge in [0.25, 0.3) is 0 Å². The Balaban J connectivity index is 1.68. The summed E-state index contributed by atoms with van der Waals surface area (Å²) in [5.41, 5.74) is 1.88. The van der Waals surface area contributed by atoms with Crippen molar-refractivity contribution in [3.63, 3.8) is 0 Å². The van der Waals surface area contributed by atoms with Crippen LogP contribution < -0.4 is 5.32 Å². The second-order valence-corrected chi connectivity index (χ2v) is 8.14. The molecule has 4 nitrogen and oxygen atoms in total. The summed E-state index contributed by atoms with van der Waals surface area (Å²) in [6.45, 7) is 0.489. The second kappa shape index (κ2) is 5.79. The predicted molar refractivity (Wildman–Crippen MR) is 80.6 cm³/mol. The van der Waals surface area contributed by atoms with E-state index in [1.165, 1.54) is 0 Å². The van der Waals surface area contributed by atoms with E-state index in [1.807, 2.05) is 12.1 Å². The van der Waals surface area contributed by atoms with Crippen LogP contribution in [-0.2, 0) is 27.6 Å². The molecule has 0 bridgehead atoms. The Morgan fingerprint density at radius 1 is 1.19 bits per heavy atom. The van der Waals surface area contributed by atoms with Crippen LogP contribution in [0.25, 0.3) is 0 Å². The monoisotopic (exact) mass is 307 g/mol. The molecule has 21 heavy (non-hydrogen) atoms. The summed E-state index contributed by atoms with van der Waals surface area (Å²) < 4.78 is 23.9. The molecular weight excluding hydrogens is 286 g/mol. The summed E-state index contributed by atoms with van der Waals surface area (Å²) >= 11 is 0. The third-order valence-electron chi connectivity index (χ3n) is 4.51. The number of rotatable bonds is 3. The molecule has 1 aromatic carbocycles. The molecule has 1 saturated carbocycles. The first-order valence-corrected chi connectivity index (χ1v) is 9.34. The highest BCUT2D eigenvalue weighted by atomic mass is 32.2. The summed E-state index contributed by atoms with van der Waals surface area (Å²) in [5.74, 6) is 0.554. The Hall–Kier alpha value is -1.36. The fraction of sp³-hybridized carbons (Fsp3) is 0.562. The molecule has 1 aliphatic carbocycles. The minimum absolute atomic E-state index is 0.137. The van der Waals surface area contributed by atoms with Gasteiger partial charge in [-0.15, -0.1) is 0 Å². The number of hydrogen-bond donors (Lipinski definition) is 1.